The average molecular weight is 306 g/mol. The van der Waals surface area contributed by atoms with Crippen LogP contribution in [-0.2, 0) is 10.0 Å². The molecule has 112 valence electrons. The molecule has 6 heteroatoms. The highest BCUT2D eigenvalue weighted by atomic mass is 32.2. The number of aromatic nitrogens is 1. The standard InChI is InChI=1S/C15H18N2O3S/c1-11(13-6-8-16-9-7-13)17-21(19,20)15-5-3-4-14(10-15)12(2)18/h3-12,17-18H,1-2H3. The van der Waals surface area contributed by atoms with Crippen LogP contribution in [0.1, 0.15) is 37.1 Å². The second-order valence-corrected chi connectivity index (χ2v) is 6.59. The van der Waals surface area contributed by atoms with E-state index in [1.165, 1.54) is 12.1 Å². The highest BCUT2D eigenvalue weighted by molar-refractivity contribution is 7.89. The molecule has 0 fully saturated rings. The number of benzene rings is 1. The van der Waals surface area contributed by atoms with Gasteiger partial charge in [0.1, 0.15) is 0 Å². The van der Waals surface area contributed by atoms with Crippen LogP contribution in [0, 0.1) is 0 Å². The average Bonchev–Trinajstić information content (AvgIpc) is 2.48. The van der Waals surface area contributed by atoms with Gasteiger partial charge in [-0.25, -0.2) is 13.1 Å². The van der Waals surface area contributed by atoms with Gasteiger partial charge in [0.25, 0.3) is 0 Å². The molecule has 1 heterocycles. The molecule has 0 amide bonds. The van der Waals surface area contributed by atoms with Crippen molar-refractivity contribution >= 4 is 10.0 Å². The molecule has 21 heavy (non-hydrogen) atoms. The topological polar surface area (TPSA) is 79.3 Å². The van der Waals surface area contributed by atoms with E-state index in [1.54, 1.807) is 50.5 Å². The first kappa shape index (κ1) is 15.6. The van der Waals surface area contributed by atoms with E-state index in [0.29, 0.717) is 5.56 Å². The summed E-state index contributed by atoms with van der Waals surface area (Å²) in [5, 5.41) is 9.55. The Labute approximate surface area is 124 Å². The maximum absolute atomic E-state index is 12.4. The lowest BCUT2D eigenvalue weighted by atomic mass is 10.1. The Morgan fingerprint density at radius 3 is 2.38 bits per heavy atom. The van der Waals surface area contributed by atoms with Crippen LogP contribution in [0.4, 0.5) is 0 Å². The Morgan fingerprint density at radius 2 is 1.76 bits per heavy atom. The fourth-order valence-corrected chi connectivity index (χ4v) is 3.25. The molecule has 1 aromatic heterocycles. The molecule has 2 unspecified atom stereocenters. The quantitative estimate of drug-likeness (QED) is 0.887. The number of rotatable bonds is 5. The Morgan fingerprint density at radius 1 is 1.10 bits per heavy atom. The molecule has 0 saturated heterocycles. The zero-order valence-corrected chi connectivity index (χ0v) is 12.7. The summed E-state index contributed by atoms with van der Waals surface area (Å²) in [5.41, 5.74) is 1.40. The zero-order chi connectivity index (χ0) is 15.5. The summed E-state index contributed by atoms with van der Waals surface area (Å²) in [7, 11) is -3.65. The van der Waals surface area contributed by atoms with Crippen LogP contribution in [0.15, 0.2) is 53.7 Å². The van der Waals surface area contributed by atoms with Crippen molar-refractivity contribution in [3.05, 3.63) is 59.9 Å². The van der Waals surface area contributed by atoms with Crippen molar-refractivity contribution in [2.45, 2.75) is 30.9 Å². The summed E-state index contributed by atoms with van der Waals surface area (Å²) in [6.45, 7) is 3.37. The lowest BCUT2D eigenvalue weighted by Gasteiger charge is -2.15. The number of nitrogens with one attached hydrogen (secondary N) is 1. The van der Waals surface area contributed by atoms with Crippen molar-refractivity contribution in [3.63, 3.8) is 0 Å². The zero-order valence-electron chi connectivity index (χ0n) is 11.9. The summed E-state index contributed by atoms with van der Waals surface area (Å²) in [6.07, 6.45) is 2.53. The Bertz CT molecular complexity index is 700. The predicted octanol–water partition coefficient (Wildman–Crippen LogP) is 2.17. The summed E-state index contributed by atoms with van der Waals surface area (Å²) < 4.78 is 27.4. The second-order valence-electron chi connectivity index (χ2n) is 4.87. The third kappa shape index (κ3) is 3.87. The maximum atomic E-state index is 12.4. The molecular weight excluding hydrogens is 288 g/mol. The molecule has 5 nitrogen and oxygen atoms in total. The predicted molar refractivity (Wildman–Crippen MR) is 80.0 cm³/mol. The molecule has 1 aromatic carbocycles. The van der Waals surface area contributed by atoms with E-state index in [0.717, 1.165) is 5.56 Å². The monoisotopic (exact) mass is 306 g/mol. The van der Waals surface area contributed by atoms with E-state index >= 15 is 0 Å². The van der Waals surface area contributed by atoms with E-state index in [4.69, 9.17) is 0 Å². The first-order valence-electron chi connectivity index (χ1n) is 6.60. The third-order valence-electron chi connectivity index (χ3n) is 3.19. The number of nitrogens with zero attached hydrogens (tertiary/aromatic N) is 1. The van der Waals surface area contributed by atoms with Crippen molar-refractivity contribution in [2.75, 3.05) is 0 Å². The van der Waals surface area contributed by atoms with Crippen LogP contribution in [0.5, 0.6) is 0 Å². The molecule has 2 N–H and O–H groups in total. The van der Waals surface area contributed by atoms with Crippen LogP contribution >= 0.6 is 0 Å². The number of hydrogen-bond acceptors (Lipinski definition) is 4. The van der Waals surface area contributed by atoms with E-state index in [1.807, 2.05) is 0 Å². The van der Waals surface area contributed by atoms with Crippen LogP contribution in [0.25, 0.3) is 0 Å². The van der Waals surface area contributed by atoms with E-state index in [2.05, 4.69) is 9.71 Å². The van der Waals surface area contributed by atoms with Gasteiger partial charge in [-0.2, -0.15) is 0 Å². The summed E-state index contributed by atoms with van der Waals surface area (Å²) >= 11 is 0. The van der Waals surface area contributed by atoms with Crippen molar-refractivity contribution in [1.29, 1.82) is 0 Å². The van der Waals surface area contributed by atoms with E-state index in [-0.39, 0.29) is 10.9 Å². The SMILES string of the molecule is CC(O)c1cccc(S(=O)(=O)NC(C)c2ccncc2)c1. The first-order chi connectivity index (χ1) is 9.90. The molecule has 0 aliphatic heterocycles. The van der Waals surface area contributed by atoms with Crippen LogP contribution < -0.4 is 4.72 Å². The molecule has 0 saturated carbocycles. The number of sulfonamides is 1. The first-order valence-corrected chi connectivity index (χ1v) is 8.09. The summed E-state index contributed by atoms with van der Waals surface area (Å²) in [4.78, 5) is 4.05. The van der Waals surface area contributed by atoms with Gasteiger partial charge in [-0.05, 0) is 49.2 Å². The van der Waals surface area contributed by atoms with Gasteiger partial charge >= 0.3 is 0 Å². The van der Waals surface area contributed by atoms with Gasteiger partial charge in [0, 0.05) is 18.4 Å². The molecule has 0 radical (unpaired) electrons. The molecule has 0 bridgehead atoms. The van der Waals surface area contributed by atoms with E-state index < -0.39 is 16.1 Å². The summed E-state index contributed by atoms with van der Waals surface area (Å²) in [6, 6.07) is 9.45. The number of aliphatic hydroxyl groups excluding tert-OH is 1. The molecule has 2 atom stereocenters. The van der Waals surface area contributed by atoms with Gasteiger partial charge in [-0.1, -0.05) is 12.1 Å². The van der Waals surface area contributed by atoms with Gasteiger partial charge in [-0.15, -0.1) is 0 Å². The van der Waals surface area contributed by atoms with Crippen molar-refractivity contribution in [2.24, 2.45) is 0 Å². The molecular formula is C15H18N2O3S. The maximum Gasteiger partial charge on any atom is 0.241 e. The molecule has 2 aromatic rings. The smallest absolute Gasteiger partial charge is 0.241 e. The molecule has 0 spiro atoms. The Kier molecular flexibility index (Phi) is 4.72. The van der Waals surface area contributed by atoms with Crippen molar-refractivity contribution < 1.29 is 13.5 Å². The van der Waals surface area contributed by atoms with Crippen molar-refractivity contribution in [1.82, 2.24) is 9.71 Å². The number of aliphatic hydroxyl groups is 1. The minimum absolute atomic E-state index is 0.141. The Balaban J connectivity index is 2.24. The fraction of sp³-hybridized carbons (Fsp3) is 0.267. The highest BCUT2D eigenvalue weighted by Gasteiger charge is 2.19. The minimum Gasteiger partial charge on any atom is -0.389 e. The van der Waals surface area contributed by atoms with Crippen molar-refractivity contribution in [3.8, 4) is 0 Å². The van der Waals surface area contributed by atoms with Gasteiger partial charge < -0.3 is 5.11 Å². The second kappa shape index (κ2) is 6.34. The number of hydrogen-bond donors (Lipinski definition) is 2. The van der Waals surface area contributed by atoms with Gasteiger partial charge in [-0.3, -0.25) is 4.98 Å². The lowest BCUT2D eigenvalue weighted by Crippen LogP contribution is -2.27. The highest BCUT2D eigenvalue weighted by Crippen LogP contribution is 2.19. The normalized spacial score (nSPS) is 14.6. The van der Waals surface area contributed by atoms with E-state index in [9.17, 15) is 13.5 Å². The van der Waals surface area contributed by atoms with Crippen LogP contribution in [0.3, 0.4) is 0 Å². The largest absolute Gasteiger partial charge is 0.389 e. The van der Waals surface area contributed by atoms with Gasteiger partial charge in [0.15, 0.2) is 0 Å². The van der Waals surface area contributed by atoms with Gasteiger partial charge in [0.2, 0.25) is 10.0 Å². The van der Waals surface area contributed by atoms with Crippen LogP contribution in [-0.4, -0.2) is 18.5 Å². The number of pyridine rings is 1. The third-order valence-corrected chi connectivity index (χ3v) is 4.73. The Hall–Kier alpha value is -1.76. The minimum atomic E-state index is -3.65. The van der Waals surface area contributed by atoms with Gasteiger partial charge in [0.05, 0.1) is 11.0 Å². The molecule has 2 rings (SSSR count). The molecule has 0 aliphatic rings. The lowest BCUT2D eigenvalue weighted by molar-refractivity contribution is 0.199. The fourth-order valence-electron chi connectivity index (χ4n) is 1.96. The van der Waals surface area contributed by atoms with Crippen LogP contribution in [0.2, 0.25) is 0 Å². The summed E-state index contributed by atoms with van der Waals surface area (Å²) in [5.74, 6) is 0. The molecule has 0 aliphatic carbocycles.